The molecular formula is C26H33NaO8. The second-order valence-corrected chi connectivity index (χ2v) is 11.1. The smallest absolute Gasteiger partial charge is 0.550 e. The van der Waals surface area contributed by atoms with Gasteiger partial charge in [-0.1, -0.05) is 32.4 Å². The van der Waals surface area contributed by atoms with Crippen LogP contribution >= 0.6 is 0 Å². The van der Waals surface area contributed by atoms with Gasteiger partial charge in [-0.25, -0.2) is 0 Å². The van der Waals surface area contributed by atoms with E-state index in [0.29, 0.717) is 6.42 Å². The normalized spacial score (nSPS) is 41.6. The number of hydrogen-bond donors (Lipinski definition) is 2. The quantitative estimate of drug-likeness (QED) is 0.314. The molecule has 0 aromatic heterocycles. The monoisotopic (exact) mass is 496 g/mol. The van der Waals surface area contributed by atoms with Crippen LogP contribution in [-0.4, -0.2) is 52.0 Å². The molecule has 4 aliphatic carbocycles. The van der Waals surface area contributed by atoms with Crippen molar-refractivity contribution in [2.75, 3.05) is 6.61 Å². The summed E-state index contributed by atoms with van der Waals surface area (Å²) in [6, 6.07) is 0. The van der Waals surface area contributed by atoms with Gasteiger partial charge in [-0.2, -0.15) is 0 Å². The van der Waals surface area contributed by atoms with E-state index >= 15 is 0 Å². The minimum absolute atomic E-state index is 0. The van der Waals surface area contributed by atoms with E-state index in [9.17, 15) is 34.5 Å². The molecule has 4 aliphatic rings. The average Bonchev–Trinajstić information content (AvgIpc) is 3.03. The molecule has 8 nitrogen and oxygen atoms in total. The number of aliphatic hydroxyl groups excluding tert-OH is 1. The Labute approximate surface area is 227 Å². The molecule has 35 heavy (non-hydrogen) atoms. The number of esters is 1. The fourth-order valence-corrected chi connectivity index (χ4v) is 7.75. The van der Waals surface area contributed by atoms with Crippen LogP contribution in [-0.2, 0) is 23.9 Å². The molecule has 0 spiro atoms. The predicted molar refractivity (Wildman–Crippen MR) is 118 cm³/mol. The standard InChI is InChI=1S/C26H34O8.Na/c1-14-10-16-17-7-9-26(33,20(29)13-34-22(32)5-4-21(30)31)25(17,3)12-19(28)23(16)24(2)8-6-15(27)11-18(14)24;/h6,8,11,14,16-17,19,23,28,33H,4-5,7,9-10,12-13H2,1-3H3,(H,30,31);/q;+1/p-1/t14?,16?,17?,19?,23?,24-,25-,26-;/m0./s1. The Morgan fingerprint density at radius 2 is 1.91 bits per heavy atom. The number of allylic oxidation sites excluding steroid dienone is 4. The number of fused-ring (bicyclic) bond motifs is 5. The zero-order valence-electron chi connectivity index (χ0n) is 20.9. The van der Waals surface area contributed by atoms with Gasteiger partial charge in [0.25, 0.3) is 0 Å². The van der Waals surface area contributed by atoms with Crippen LogP contribution < -0.4 is 34.7 Å². The molecule has 8 atom stereocenters. The Balaban J connectivity index is 0.00000342. The van der Waals surface area contributed by atoms with E-state index in [2.05, 4.69) is 13.8 Å². The van der Waals surface area contributed by atoms with Crippen LogP contribution in [0, 0.1) is 34.5 Å². The number of carbonyl (C=O) groups excluding carboxylic acids is 4. The van der Waals surface area contributed by atoms with Gasteiger partial charge in [0.05, 0.1) is 12.5 Å². The number of ketones is 2. The Morgan fingerprint density at radius 1 is 1.23 bits per heavy atom. The molecule has 0 aromatic rings. The number of hydrogen-bond acceptors (Lipinski definition) is 8. The van der Waals surface area contributed by atoms with Crippen LogP contribution in [0.5, 0.6) is 0 Å². The molecule has 0 saturated heterocycles. The summed E-state index contributed by atoms with van der Waals surface area (Å²) in [4.78, 5) is 47.5. The number of rotatable bonds is 6. The first-order valence-electron chi connectivity index (χ1n) is 12.1. The van der Waals surface area contributed by atoms with Crippen LogP contribution in [0.15, 0.2) is 23.8 Å². The molecular weight excluding hydrogens is 463 g/mol. The van der Waals surface area contributed by atoms with Gasteiger partial charge in [-0.15, -0.1) is 0 Å². The van der Waals surface area contributed by atoms with Crippen LogP contribution in [0.1, 0.15) is 59.3 Å². The minimum Gasteiger partial charge on any atom is -0.550 e. The van der Waals surface area contributed by atoms with Crippen LogP contribution in [0.25, 0.3) is 0 Å². The van der Waals surface area contributed by atoms with Gasteiger partial charge >= 0.3 is 35.5 Å². The van der Waals surface area contributed by atoms with Crippen molar-refractivity contribution >= 4 is 23.5 Å². The van der Waals surface area contributed by atoms with E-state index in [1.165, 1.54) is 0 Å². The molecule has 0 heterocycles. The molecule has 9 heteroatoms. The van der Waals surface area contributed by atoms with E-state index in [4.69, 9.17) is 4.74 Å². The first-order chi connectivity index (χ1) is 15.8. The van der Waals surface area contributed by atoms with E-state index in [-0.39, 0.29) is 71.9 Å². The van der Waals surface area contributed by atoms with Crippen molar-refractivity contribution in [3.8, 4) is 0 Å². The van der Waals surface area contributed by atoms with Gasteiger partial charge < -0.3 is 24.9 Å². The van der Waals surface area contributed by atoms with Crippen molar-refractivity contribution in [2.24, 2.45) is 34.5 Å². The van der Waals surface area contributed by atoms with Gasteiger partial charge in [-0.05, 0) is 62.0 Å². The molecule has 186 valence electrons. The van der Waals surface area contributed by atoms with Crippen molar-refractivity contribution in [3.63, 3.8) is 0 Å². The number of carboxylic acid groups (broad SMARTS) is 1. The maximum Gasteiger partial charge on any atom is 1.00 e. The number of carboxylic acids is 1. The SMILES string of the molecule is CC1CC2C(C(O)C[C@@]3(C)C2CC[C@]3(O)C(=O)COC(=O)CCC(=O)[O-])[C@@]2(C)C=CC(=O)C=C12.[Na+]. The summed E-state index contributed by atoms with van der Waals surface area (Å²) in [6.07, 6.45) is 5.30. The number of carbonyl (C=O) groups is 4. The Hall–Kier alpha value is -1.32. The van der Waals surface area contributed by atoms with Gasteiger partial charge in [0.2, 0.25) is 5.78 Å². The van der Waals surface area contributed by atoms with E-state index in [1.807, 2.05) is 13.0 Å². The number of aliphatic carboxylic acids is 1. The molecule has 5 unspecified atom stereocenters. The largest absolute Gasteiger partial charge is 1.00 e. The van der Waals surface area contributed by atoms with Gasteiger partial charge in [-0.3, -0.25) is 14.4 Å². The number of Topliss-reactive ketones (excluding diaryl/α,β-unsaturated/α-hetero) is 1. The third-order valence-electron chi connectivity index (χ3n) is 9.33. The third-order valence-corrected chi connectivity index (χ3v) is 9.33. The summed E-state index contributed by atoms with van der Waals surface area (Å²) in [7, 11) is 0. The fourth-order valence-electron chi connectivity index (χ4n) is 7.75. The molecule has 0 amide bonds. The fraction of sp³-hybridized carbons (Fsp3) is 0.692. The average molecular weight is 497 g/mol. The van der Waals surface area contributed by atoms with Gasteiger partial charge in [0, 0.05) is 22.7 Å². The van der Waals surface area contributed by atoms with Crippen LogP contribution in [0.3, 0.4) is 0 Å². The number of ether oxygens (including phenoxy) is 1. The topological polar surface area (TPSA) is 141 Å². The Bertz CT molecular complexity index is 988. The Kier molecular flexibility index (Phi) is 7.96. The summed E-state index contributed by atoms with van der Waals surface area (Å²) in [5, 5.41) is 33.6. The summed E-state index contributed by atoms with van der Waals surface area (Å²) >= 11 is 0. The van der Waals surface area contributed by atoms with E-state index < -0.39 is 59.7 Å². The van der Waals surface area contributed by atoms with Gasteiger partial charge in [0.1, 0.15) is 5.60 Å². The van der Waals surface area contributed by atoms with Crippen molar-refractivity contribution in [1.29, 1.82) is 0 Å². The molecule has 4 rings (SSSR count). The molecule has 0 aliphatic heterocycles. The second-order valence-electron chi connectivity index (χ2n) is 11.1. The summed E-state index contributed by atoms with van der Waals surface area (Å²) in [6.45, 7) is 5.36. The summed E-state index contributed by atoms with van der Waals surface area (Å²) in [5.74, 6) is -2.85. The second kappa shape index (κ2) is 9.86. The van der Waals surface area contributed by atoms with E-state index in [0.717, 1.165) is 12.0 Å². The summed E-state index contributed by atoms with van der Waals surface area (Å²) < 4.78 is 4.95. The van der Waals surface area contributed by atoms with E-state index in [1.54, 1.807) is 12.2 Å². The molecule has 3 saturated carbocycles. The van der Waals surface area contributed by atoms with Crippen molar-refractivity contribution < 1.29 is 68.8 Å². The molecule has 3 fully saturated rings. The zero-order valence-corrected chi connectivity index (χ0v) is 22.9. The third kappa shape index (κ3) is 4.50. The molecule has 0 bridgehead atoms. The summed E-state index contributed by atoms with van der Waals surface area (Å²) in [5.41, 5.74) is -2.07. The van der Waals surface area contributed by atoms with Crippen molar-refractivity contribution in [2.45, 2.75) is 71.0 Å². The maximum atomic E-state index is 13.1. The first kappa shape index (κ1) is 28.3. The molecule has 0 radical (unpaired) electrons. The van der Waals surface area contributed by atoms with Crippen LogP contribution in [0.4, 0.5) is 0 Å². The maximum absolute atomic E-state index is 13.1. The predicted octanol–water partition coefficient (Wildman–Crippen LogP) is -2.11. The molecule has 2 N–H and O–H groups in total. The van der Waals surface area contributed by atoms with Crippen LogP contribution in [0.2, 0.25) is 0 Å². The van der Waals surface area contributed by atoms with Crippen molar-refractivity contribution in [1.82, 2.24) is 0 Å². The zero-order chi connectivity index (χ0) is 25.1. The van der Waals surface area contributed by atoms with Gasteiger partial charge in [0.15, 0.2) is 12.4 Å². The first-order valence-corrected chi connectivity index (χ1v) is 12.1. The Morgan fingerprint density at radius 3 is 2.57 bits per heavy atom. The van der Waals surface area contributed by atoms with Crippen molar-refractivity contribution in [3.05, 3.63) is 23.8 Å². The minimum atomic E-state index is -1.75. The molecule has 0 aromatic carbocycles. The number of aliphatic hydroxyl groups is 2.